The number of carboxylic acid groups (broad SMARTS) is 1. The van der Waals surface area contributed by atoms with E-state index < -0.39 is 6.09 Å². The Balaban J connectivity index is 1.14. The number of fused-ring (bicyclic) bond motifs is 1. The molecule has 0 saturated carbocycles. The summed E-state index contributed by atoms with van der Waals surface area (Å²) in [4.78, 5) is 13.9. The molecule has 3 aromatic rings. The quantitative estimate of drug-likeness (QED) is 0.297. The molecule has 5 rings (SSSR count). The zero-order valence-electron chi connectivity index (χ0n) is 24.2. The Morgan fingerprint density at radius 1 is 1.00 bits per heavy atom. The van der Waals surface area contributed by atoms with Crippen molar-refractivity contribution in [3.8, 4) is 5.75 Å². The normalized spacial score (nSPS) is 19.4. The number of nitrogens with zero attached hydrogens (tertiary/aromatic N) is 1. The van der Waals surface area contributed by atoms with Crippen molar-refractivity contribution in [2.24, 2.45) is 5.92 Å². The van der Waals surface area contributed by atoms with Crippen LogP contribution in [0.5, 0.6) is 5.75 Å². The minimum Gasteiger partial charge on any atom is -0.487 e. The number of likely N-dealkylation sites (tertiary alicyclic amines) is 1. The number of ether oxygens (including phenoxy) is 2. The Morgan fingerprint density at radius 3 is 2.17 bits per heavy atom. The first-order chi connectivity index (χ1) is 19.2. The highest BCUT2D eigenvalue weighted by Crippen LogP contribution is 2.45. The van der Waals surface area contributed by atoms with Gasteiger partial charge in [0.25, 0.3) is 0 Å². The Kier molecular flexibility index (Phi) is 8.48. The molecule has 1 atom stereocenters. The van der Waals surface area contributed by atoms with Crippen LogP contribution in [-0.2, 0) is 11.2 Å². The second-order valence-electron chi connectivity index (χ2n) is 11.8. The van der Waals surface area contributed by atoms with E-state index in [9.17, 15) is 9.90 Å². The summed E-state index contributed by atoms with van der Waals surface area (Å²) in [7, 11) is 0. The summed E-state index contributed by atoms with van der Waals surface area (Å²) in [5, 5.41) is 11.9. The second-order valence-corrected chi connectivity index (χ2v) is 11.8. The summed E-state index contributed by atoms with van der Waals surface area (Å²) in [6.07, 6.45) is 2.94. The fourth-order valence-corrected chi connectivity index (χ4v) is 6.27. The van der Waals surface area contributed by atoms with Crippen molar-refractivity contribution >= 4 is 11.8 Å². The molecule has 3 aromatic carbocycles. The van der Waals surface area contributed by atoms with Gasteiger partial charge in [-0.1, -0.05) is 60.7 Å². The molecule has 0 bridgehead atoms. The van der Waals surface area contributed by atoms with Crippen molar-refractivity contribution in [3.05, 3.63) is 94.0 Å². The maximum Gasteiger partial charge on any atom is 0.409 e. The molecule has 6 heteroatoms. The van der Waals surface area contributed by atoms with Crippen molar-refractivity contribution in [1.29, 1.82) is 0 Å². The summed E-state index contributed by atoms with van der Waals surface area (Å²) in [5.41, 5.74) is 6.89. The first-order valence-corrected chi connectivity index (χ1v) is 14.5. The van der Waals surface area contributed by atoms with Crippen LogP contribution in [0.3, 0.4) is 0 Å². The van der Waals surface area contributed by atoms with Crippen molar-refractivity contribution in [2.45, 2.75) is 65.1 Å². The third-order valence-electron chi connectivity index (χ3n) is 8.88. The number of nitrogens with one attached hydrogen (secondary N) is 1. The first-order valence-electron chi connectivity index (χ1n) is 14.5. The SMILES string of the molecule is Cc1c(C)c2c(c(C)c1NC(=O)O)CC(C)(CCN1CCC(COC(c3ccccc3)c3ccccc3)CC1)O2. The van der Waals surface area contributed by atoms with Gasteiger partial charge in [0.05, 0.1) is 12.3 Å². The van der Waals surface area contributed by atoms with Crippen LogP contribution in [0.4, 0.5) is 10.5 Å². The fourth-order valence-electron chi connectivity index (χ4n) is 6.27. The maximum absolute atomic E-state index is 11.4. The van der Waals surface area contributed by atoms with Crippen LogP contribution in [0.2, 0.25) is 0 Å². The van der Waals surface area contributed by atoms with E-state index >= 15 is 0 Å². The van der Waals surface area contributed by atoms with E-state index in [0.29, 0.717) is 11.6 Å². The summed E-state index contributed by atoms with van der Waals surface area (Å²) in [5.74, 6) is 1.50. The second kappa shape index (κ2) is 12.0. The smallest absolute Gasteiger partial charge is 0.409 e. The topological polar surface area (TPSA) is 71.0 Å². The molecule has 2 aliphatic heterocycles. The lowest BCUT2D eigenvalue weighted by Gasteiger charge is -2.34. The van der Waals surface area contributed by atoms with E-state index in [1.165, 1.54) is 11.1 Å². The van der Waals surface area contributed by atoms with Crippen LogP contribution in [0.15, 0.2) is 60.7 Å². The molecule has 1 amide bonds. The third-order valence-corrected chi connectivity index (χ3v) is 8.88. The van der Waals surface area contributed by atoms with Crippen molar-refractivity contribution in [3.63, 3.8) is 0 Å². The van der Waals surface area contributed by atoms with Crippen LogP contribution < -0.4 is 10.1 Å². The number of hydrogen-bond donors (Lipinski definition) is 2. The van der Waals surface area contributed by atoms with Gasteiger partial charge in [0.1, 0.15) is 17.5 Å². The third kappa shape index (κ3) is 6.18. The number of benzene rings is 3. The predicted molar refractivity (Wildman–Crippen MR) is 159 cm³/mol. The van der Waals surface area contributed by atoms with Crippen LogP contribution >= 0.6 is 0 Å². The van der Waals surface area contributed by atoms with E-state index in [4.69, 9.17) is 9.47 Å². The van der Waals surface area contributed by atoms with E-state index in [-0.39, 0.29) is 11.7 Å². The number of piperidine rings is 1. The van der Waals surface area contributed by atoms with Crippen LogP contribution in [0, 0.1) is 26.7 Å². The summed E-state index contributed by atoms with van der Waals surface area (Å²) < 4.78 is 13.2. The lowest BCUT2D eigenvalue weighted by molar-refractivity contribution is 0.0261. The Labute approximate surface area is 238 Å². The number of hydrogen-bond acceptors (Lipinski definition) is 4. The summed E-state index contributed by atoms with van der Waals surface area (Å²) >= 11 is 0. The van der Waals surface area contributed by atoms with E-state index in [2.05, 4.69) is 65.7 Å². The van der Waals surface area contributed by atoms with E-state index in [1.54, 1.807) is 0 Å². The molecule has 1 unspecified atom stereocenters. The predicted octanol–water partition coefficient (Wildman–Crippen LogP) is 7.30. The first kappa shape index (κ1) is 28.2. The minimum absolute atomic E-state index is 0.0386. The fraction of sp³-hybridized carbons (Fsp3) is 0.441. The van der Waals surface area contributed by atoms with Gasteiger partial charge in [0, 0.05) is 18.5 Å². The van der Waals surface area contributed by atoms with Crippen LogP contribution in [0.25, 0.3) is 0 Å². The maximum atomic E-state index is 11.4. The summed E-state index contributed by atoms with van der Waals surface area (Å²) in [6, 6.07) is 21.0. The highest BCUT2D eigenvalue weighted by atomic mass is 16.5. The number of rotatable bonds is 9. The van der Waals surface area contributed by atoms with Gasteiger partial charge in [-0.25, -0.2) is 4.79 Å². The molecular weight excluding hydrogens is 500 g/mol. The van der Waals surface area contributed by atoms with Crippen molar-refractivity contribution in [1.82, 2.24) is 4.90 Å². The lowest BCUT2D eigenvalue weighted by Crippen LogP contribution is -2.40. The molecular formula is C34H42N2O4. The molecule has 1 fully saturated rings. The zero-order chi connectivity index (χ0) is 28.3. The van der Waals surface area contributed by atoms with E-state index in [1.807, 2.05) is 32.9 Å². The minimum atomic E-state index is -1.03. The molecule has 0 radical (unpaired) electrons. The van der Waals surface area contributed by atoms with Gasteiger partial charge >= 0.3 is 6.09 Å². The number of carbonyl (C=O) groups is 1. The molecule has 2 N–H and O–H groups in total. The van der Waals surface area contributed by atoms with Gasteiger partial charge in [-0.3, -0.25) is 5.32 Å². The average molecular weight is 543 g/mol. The number of amides is 1. The van der Waals surface area contributed by atoms with Crippen molar-refractivity contribution < 1.29 is 19.4 Å². The molecule has 0 aromatic heterocycles. The lowest BCUT2D eigenvalue weighted by atomic mass is 9.90. The Hall–Kier alpha value is -3.35. The molecule has 212 valence electrons. The molecule has 6 nitrogen and oxygen atoms in total. The van der Waals surface area contributed by atoms with Gasteiger partial charge in [-0.05, 0) is 93.8 Å². The zero-order valence-corrected chi connectivity index (χ0v) is 24.2. The Bertz CT molecular complexity index is 1280. The molecule has 0 aliphatic carbocycles. The van der Waals surface area contributed by atoms with Gasteiger partial charge in [-0.15, -0.1) is 0 Å². The standard InChI is InChI=1S/C34H42N2O4/c1-23-24(2)31-29(25(3)30(23)35-33(37)38)21-34(4,40-31)17-20-36-18-15-26(16-19-36)22-39-32(27-11-7-5-8-12-27)28-13-9-6-10-14-28/h5-14,26,32,35H,15-22H2,1-4H3,(H,37,38). The largest absolute Gasteiger partial charge is 0.487 e. The average Bonchev–Trinajstić information content (AvgIpc) is 3.33. The van der Waals surface area contributed by atoms with E-state index in [0.717, 1.165) is 79.9 Å². The van der Waals surface area contributed by atoms with Crippen LogP contribution in [-0.4, -0.2) is 47.9 Å². The van der Waals surface area contributed by atoms with Gasteiger partial charge < -0.3 is 19.5 Å². The Morgan fingerprint density at radius 2 is 1.60 bits per heavy atom. The molecule has 0 spiro atoms. The number of anilines is 1. The molecule has 2 heterocycles. The van der Waals surface area contributed by atoms with Crippen LogP contribution in [0.1, 0.15) is 65.7 Å². The molecule has 40 heavy (non-hydrogen) atoms. The van der Waals surface area contributed by atoms with Gasteiger partial charge in [0.15, 0.2) is 0 Å². The highest BCUT2D eigenvalue weighted by Gasteiger charge is 2.38. The van der Waals surface area contributed by atoms with Crippen molar-refractivity contribution in [2.75, 3.05) is 31.6 Å². The monoisotopic (exact) mass is 542 g/mol. The molecule has 1 saturated heterocycles. The summed E-state index contributed by atoms with van der Waals surface area (Å²) in [6.45, 7) is 12.1. The molecule has 2 aliphatic rings. The highest BCUT2D eigenvalue weighted by molar-refractivity contribution is 5.87. The van der Waals surface area contributed by atoms with Gasteiger partial charge in [0.2, 0.25) is 0 Å². The van der Waals surface area contributed by atoms with Gasteiger partial charge in [-0.2, -0.15) is 0 Å².